The zero-order valence-corrected chi connectivity index (χ0v) is 37.2. The fourth-order valence-electron chi connectivity index (χ4n) is 4.39. The maximum Gasteiger partial charge on any atom is 0.128 e. The first kappa shape index (κ1) is 52.2. The highest BCUT2D eigenvalue weighted by molar-refractivity contribution is 5.88. The van der Waals surface area contributed by atoms with E-state index in [0.29, 0.717) is 18.1 Å². The Labute approximate surface area is 332 Å². The van der Waals surface area contributed by atoms with Gasteiger partial charge in [-0.05, 0) is 139 Å². The van der Waals surface area contributed by atoms with Crippen LogP contribution in [0.1, 0.15) is 107 Å². The lowest BCUT2D eigenvalue weighted by Gasteiger charge is -2.21. The van der Waals surface area contributed by atoms with Crippen LogP contribution in [0.4, 0.5) is 11.6 Å². The van der Waals surface area contributed by atoms with Gasteiger partial charge >= 0.3 is 0 Å². The molecule has 0 unspecified atom stereocenters. The van der Waals surface area contributed by atoms with Gasteiger partial charge in [0.2, 0.25) is 0 Å². The minimum absolute atomic E-state index is 0.454. The number of aliphatic imine (C=N–C) groups is 2. The normalized spacial score (nSPS) is 12.4. The van der Waals surface area contributed by atoms with E-state index in [1.807, 2.05) is 109 Å². The minimum Gasteiger partial charge on any atom is -0.368 e. The van der Waals surface area contributed by atoms with E-state index in [9.17, 15) is 0 Å². The predicted octanol–water partition coefficient (Wildman–Crippen LogP) is 9.96. The molecule has 10 nitrogen and oxygen atoms in total. The van der Waals surface area contributed by atoms with Gasteiger partial charge < -0.3 is 25.0 Å². The Bertz CT molecular complexity index is 1300. The summed E-state index contributed by atoms with van der Waals surface area (Å²) >= 11 is 0. The highest BCUT2D eigenvalue weighted by Gasteiger charge is 2.07. The molecule has 3 aromatic rings. The second-order valence-corrected chi connectivity index (χ2v) is 15.4. The maximum atomic E-state index is 4.39. The third-order valence-corrected chi connectivity index (χ3v) is 6.97. The highest BCUT2D eigenvalue weighted by atomic mass is 15.2. The predicted molar refractivity (Wildman–Crippen MR) is 240 cm³/mol. The minimum atomic E-state index is 0.454. The van der Waals surface area contributed by atoms with Gasteiger partial charge in [0.1, 0.15) is 11.6 Å². The van der Waals surface area contributed by atoms with Crippen LogP contribution in [0.25, 0.3) is 0 Å². The van der Waals surface area contributed by atoms with Gasteiger partial charge in [0, 0.05) is 80.5 Å². The molecule has 2 aliphatic heterocycles. The van der Waals surface area contributed by atoms with E-state index in [1.165, 1.54) is 30.7 Å². The molecule has 0 saturated heterocycles. The molecule has 0 amide bonds. The zero-order chi connectivity index (χ0) is 41.3. The summed E-state index contributed by atoms with van der Waals surface area (Å²) < 4.78 is 2.06. The summed E-state index contributed by atoms with van der Waals surface area (Å²) in [5.41, 5.74) is 2.79. The number of nitrogens with one attached hydrogen (secondary N) is 2. The molecule has 10 heteroatoms. The first-order valence-electron chi connectivity index (χ1n) is 19.7. The van der Waals surface area contributed by atoms with Crippen molar-refractivity contribution in [1.82, 2.24) is 29.7 Å². The SMILES string of the molecule is CC(C)CC1=NC=CC1.CC(C)CC1=NCCC1.CC(C)N(C)c1ccccn1.CC(C)Nc1ccccn1.CC(C)n1ccnc1.CN(C)C.CNC. The molecule has 2 aliphatic rings. The number of aromatic nitrogens is 4. The molecule has 0 atom stereocenters. The van der Waals surface area contributed by atoms with Crippen molar-refractivity contribution < 1.29 is 0 Å². The molecule has 0 aliphatic carbocycles. The van der Waals surface area contributed by atoms with Crippen molar-refractivity contribution in [1.29, 1.82) is 0 Å². The monoisotopic (exact) mass is 749 g/mol. The third kappa shape index (κ3) is 32.7. The van der Waals surface area contributed by atoms with Crippen LogP contribution in [0, 0.1) is 11.8 Å². The fraction of sp³-hybridized carbons (Fsp3) is 0.614. The molecular formula is C44H80N10. The van der Waals surface area contributed by atoms with Gasteiger partial charge in [-0.1, -0.05) is 45.9 Å². The lowest BCUT2D eigenvalue weighted by atomic mass is 10.1. The largest absolute Gasteiger partial charge is 0.368 e. The number of imidazole rings is 1. The van der Waals surface area contributed by atoms with Crippen molar-refractivity contribution in [2.24, 2.45) is 21.8 Å². The van der Waals surface area contributed by atoms with Gasteiger partial charge in [-0.3, -0.25) is 9.98 Å². The Hall–Kier alpha value is -3.89. The lowest BCUT2D eigenvalue weighted by Crippen LogP contribution is -2.26. The van der Waals surface area contributed by atoms with Gasteiger partial charge in [0.15, 0.2) is 0 Å². The van der Waals surface area contributed by atoms with Crippen LogP contribution in [-0.2, 0) is 0 Å². The van der Waals surface area contributed by atoms with E-state index in [1.54, 1.807) is 12.4 Å². The molecule has 2 N–H and O–H groups in total. The lowest BCUT2D eigenvalue weighted by molar-refractivity contribution is 0.505. The average Bonchev–Trinajstić information content (AvgIpc) is 3.91. The van der Waals surface area contributed by atoms with Crippen LogP contribution in [-0.4, -0.2) is 96.8 Å². The molecule has 0 saturated carbocycles. The van der Waals surface area contributed by atoms with Gasteiger partial charge in [-0.15, -0.1) is 0 Å². The second kappa shape index (κ2) is 33.7. The van der Waals surface area contributed by atoms with Crippen molar-refractivity contribution >= 4 is 23.1 Å². The molecule has 0 spiro atoms. The van der Waals surface area contributed by atoms with Crippen LogP contribution >= 0.6 is 0 Å². The summed E-state index contributed by atoms with van der Waals surface area (Å²) in [6.45, 7) is 22.8. The standard InChI is InChI=1S/C9H14N2.C8H12N2.C8H15N.C8H13N.C6H10N2.C3H9N.C2H7N/c1-8(2)11(3)9-6-4-5-7-10-9;1-7(2)10-8-5-3-4-6-9-8;2*1-7(2)6-8-4-3-5-9-8;1-6(2)8-4-3-7-5-8;1-4(2)3;1-3-2/h4-8H,1-3H3;3-7H,1-2H3,(H,9,10);7H,3-6H2,1-2H3;3,5,7H,4,6H2,1-2H3;3-6H,1-2H3;1-3H3;3H,1-2H3. The number of nitrogens with zero attached hydrogens (tertiary/aromatic N) is 8. The Morgan fingerprint density at radius 3 is 1.69 bits per heavy atom. The summed E-state index contributed by atoms with van der Waals surface area (Å²) in [7, 11) is 11.8. The molecule has 3 aromatic heterocycles. The van der Waals surface area contributed by atoms with E-state index in [-0.39, 0.29) is 0 Å². The molecule has 5 heterocycles. The van der Waals surface area contributed by atoms with Gasteiger partial charge in [0.05, 0.1) is 6.33 Å². The van der Waals surface area contributed by atoms with E-state index in [4.69, 9.17) is 0 Å². The summed E-state index contributed by atoms with van der Waals surface area (Å²) in [6.07, 6.45) is 19.2. The first-order valence-corrected chi connectivity index (χ1v) is 19.7. The molecule has 0 radical (unpaired) electrons. The van der Waals surface area contributed by atoms with E-state index < -0.39 is 0 Å². The first-order chi connectivity index (χ1) is 25.5. The van der Waals surface area contributed by atoms with Crippen molar-refractivity contribution in [2.75, 3.05) is 59.0 Å². The Morgan fingerprint density at radius 1 is 0.759 bits per heavy atom. The smallest absolute Gasteiger partial charge is 0.128 e. The zero-order valence-electron chi connectivity index (χ0n) is 37.2. The van der Waals surface area contributed by atoms with Crippen LogP contribution < -0.4 is 15.5 Å². The van der Waals surface area contributed by atoms with Crippen LogP contribution in [0.3, 0.4) is 0 Å². The Balaban J connectivity index is 0. The van der Waals surface area contributed by atoms with Gasteiger partial charge in [-0.25, -0.2) is 15.0 Å². The van der Waals surface area contributed by atoms with E-state index >= 15 is 0 Å². The molecule has 0 aromatic carbocycles. The van der Waals surface area contributed by atoms with Crippen LogP contribution in [0.5, 0.6) is 0 Å². The highest BCUT2D eigenvalue weighted by Crippen LogP contribution is 2.12. The number of anilines is 2. The maximum absolute atomic E-state index is 4.39. The second-order valence-electron chi connectivity index (χ2n) is 15.4. The van der Waals surface area contributed by atoms with Crippen molar-refractivity contribution in [2.45, 2.75) is 119 Å². The van der Waals surface area contributed by atoms with Crippen molar-refractivity contribution in [3.05, 3.63) is 79.8 Å². The Morgan fingerprint density at radius 2 is 1.33 bits per heavy atom. The van der Waals surface area contributed by atoms with Crippen LogP contribution in [0.2, 0.25) is 0 Å². The fourth-order valence-corrected chi connectivity index (χ4v) is 4.39. The molecule has 306 valence electrons. The molecule has 0 fully saturated rings. The van der Waals surface area contributed by atoms with Crippen molar-refractivity contribution in [3.8, 4) is 0 Å². The molecule has 5 rings (SSSR count). The van der Waals surface area contributed by atoms with Crippen molar-refractivity contribution in [3.63, 3.8) is 0 Å². The number of hydrogen-bond donors (Lipinski definition) is 2. The summed E-state index contributed by atoms with van der Waals surface area (Å²) in [4.78, 5) is 25.0. The van der Waals surface area contributed by atoms with Crippen LogP contribution in [0.15, 0.2) is 89.8 Å². The average molecular weight is 749 g/mol. The third-order valence-electron chi connectivity index (χ3n) is 6.97. The molecule has 0 bridgehead atoms. The number of hydrogen-bond acceptors (Lipinski definition) is 9. The topological polar surface area (TPSA) is 98.9 Å². The Kier molecular flexibility index (Phi) is 32.5. The number of rotatable bonds is 9. The quantitative estimate of drug-likeness (QED) is 0.225. The number of pyridine rings is 2. The van der Waals surface area contributed by atoms with Gasteiger partial charge in [0.25, 0.3) is 0 Å². The van der Waals surface area contributed by atoms with E-state index in [2.05, 4.69) is 120 Å². The molecule has 54 heavy (non-hydrogen) atoms. The summed E-state index contributed by atoms with van der Waals surface area (Å²) in [5, 5.41) is 5.94. The summed E-state index contributed by atoms with van der Waals surface area (Å²) in [5.74, 6) is 3.52. The molecular weight excluding hydrogens is 669 g/mol. The van der Waals surface area contributed by atoms with Gasteiger partial charge in [-0.2, -0.15) is 0 Å². The summed E-state index contributed by atoms with van der Waals surface area (Å²) in [6, 6.07) is 13.3. The van der Waals surface area contributed by atoms with E-state index in [0.717, 1.165) is 42.9 Å². The number of allylic oxidation sites excluding steroid dienone is 1.